The molecule has 0 bridgehead atoms. The molecule has 0 amide bonds. The van der Waals surface area contributed by atoms with Crippen LogP contribution in [0.2, 0.25) is 0 Å². The van der Waals surface area contributed by atoms with Crippen molar-refractivity contribution < 1.29 is 38.4 Å². The van der Waals surface area contributed by atoms with E-state index in [2.05, 4.69) is 24.2 Å². The summed E-state index contributed by atoms with van der Waals surface area (Å²) in [7, 11) is 3.05. The first-order valence-corrected chi connectivity index (χ1v) is 18.0. The second-order valence-electron chi connectivity index (χ2n) is 13.9. The number of ketones is 1. The number of ether oxygens (including phenoxy) is 5. The highest BCUT2D eigenvalue weighted by atomic mass is 16.7. The minimum atomic E-state index is -0.867. The van der Waals surface area contributed by atoms with Crippen molar-refractivity contribution in [3.8, 4) is 0 Å². The maximum absolute atomic E-state index is 13.3. The van der Waals surface area contributed by atoms with E-state index in [0.29, 0.717) is 25.2 Å². The highest BCUT2D eigenvalue weighted by Crippen LogP contribution is 2.30. The van der Waals surface area contributed by atoms with Gasteiger partial charge in [0, 0.05) is 45.2 Å². The van der Waals surface area contributed by atoms with Gasteiger partial charge in [-0.3, -0.25) is 14.3 Å². The molecule has 10 atom stereocenters. The van der Waals surface area contributed by atoms with Gasteiger partial charge in [-0.05, 0) is 76.7 Å². The number of carbonyl (C=O) groups excluding carboxylic acids is 2. The average Bonchev–Trinajstić information content (AvgIpc) is 3.53. The van der Waals surface area contributed by atoms with E-state index in [-0.39, 0.29) is 36.1 Å². The van der Waals surface area contributed by atoms with Gasteiger partial charge in [-0.15, -0.1) is 5.10 Å². The number of nitrogens with zero attached hydrogens (tertiary/aromatic N) is 3. The van der Waals surface area contributed by atoms with Crippen LogP contribution in [0.5, 0.6) is 0 Å². The lowest BCUT2D eigenvalue weighted by Crippen LogP contribution is -2.59. The lowest BCUT2D eigenvalue weighted by molar-refractivity contribution is -0.304. The van der Waals surface area contributed by atoms with E-state index >= 15 is 0 Å². The number of hydrogen-bond acceptors (Lipinski definition) is 10. The van der Waals surface area contributed by atoms with Gasteiger partial charge in [0.25, 0.3) is 0 Å². The van der Waals surface area contributed by atoms with Crippen molar-refractivity contribution in [2.75, 3.05) is 20.8 Å². The number of aryl methyl sites for hydroxylation is 2. The molecular formula is C37H61N3O8. The normalized spacial score (nSPS) is 33.0. The number of aliphatic hydroxyl groups excluding tert-OH is 1. The molecule has 0 aromatic carbocycles. The molecule has 0 saturated carbocycles. The van der Waals surface area contributed by atoms with Crippen LogP contribution in [0.25, 0.3) is 0 Å². The molecule has 1 aromatic rings. The summed E-state index contributed by atoms with van der Waals surface area (Å²) in [4.78, 5) is 26.5. The van der Waals surface area contributed by atoms with Crippen LogP contribution >= 0.6 is 0 Å². The van der Waals surface area contributed by atoms with Gasteiger partial charge in [-0.25, -0.2) is 0 Å². The number of rotatable bonds is 12. The van der Waals surface area contributed by atoms with Gasteiger partial charge >= 0.3 is 5.97 Å². The molecule has 272 valence electrons. The number of cyclic esters (lactones) is 1. The third-order valence-corrected chi connectivity index (χ3v) is 9.79. The molecule has 1 saturated heterocycles. The van der Waals surface area contributed by atoms with Gasteiger partial charge in [0.2, 0.25) is 0 Å². The maximum Gasteiger partial charge on any atom is 0.306 e. The minimum absolute atomic E-state index is 0.0954. The second kappa shape index (κ2) is 20.3. The molecule has 11 nitrogen and oxygen atoms in total. The predicted molar refractivity (Wildman–Crippen MR) is 183 cm³/mol. The van der Waals surface area contributed by atoms with E-state index in [0.717, 1.165) is 56.3 Å². The molecule has 0 spiro atoms. The van der Waals surface area contributed by atoms with E-state index < -0.39 is 36.8 Å². The Morgan fingerprint density at radius 3 is 2.50 bits per heavy atom. The third-order valence-electron chi connectivity index (χ3n) is 9.79. The Labute approximate surface area is 287 Å². The van der Waals surface area contributed by atoms with Gasteiger partial charge in [0.05, 0.1) is 18.4 Å². The van der Waals surface area contributed by atoms with Crippen molar-refractivity contribution in [3.05, 3.63) is 35.7 Å². The van der Waals surface area contributed by atoms with Crippen molar-refractivity contribution >= 4 is 11.8 Å². The molecule has 3 rings (SSSR count). The average molecular weight is 676 g/mol. The fraction of sp³-hybridized carbons (Fsp3) is 0.784. The molecule has 3 heterocycles. The fourth-order valence-corrected chi connectivity index (χ4v) is 6.81. The lowest BCUT2D eigenvalue weighted by Gasteiger charge is -2.42. The summed E-state index contributed by atoms with van der Waals surface area (Å²) in [6.45, 7) is 13.0. The minimum Gasteiger partial charge on any atom is -0.462 e. The molecular weight excluding hydrogens is 614 g/mol. The van der Waals surface area contributed by atoms with Crippen LogP contribution in [0, 0.1) is 23.7 Å². The van der Waals surface area contributed by atoms with Crippen molar-refractivity contribution in [3.63, 3.8) is 0 Å². The summed E-state index contributed by atoms with van der Waals surface area (Å²) in [6, 6.07) is 0. The number of methoxy groups -OCH3 is 2. The Bertz CT molecular complexity index is 1190. The Morgan fingerprint density at radius 2 is 1.81 bits per heavy atom. The molecule has 2 aliphatic rings. The van der Waals surface area contributed by atoms with E-state index in [1.54, 1.807) is 13.0 Å². The zero-order valence-electron chi connectivity index (χ0n) is 30.5. The molecule has 10 unspecified atom stereocenters. The largest absolute Gasteiger partial charge is 0.462 e. The monoisotopic (exact) mass is 675 g/mol. The number of allylic oxidation sites excluding steroid dienone is 3. The Balaban J connectivity index is 1.76. The van der Waals surface area contributed by atoms with Gasteiger partial charge in [0.15, 0.2) is 12.1 Å². The van der Waals surface area contributed by atoms with Gasteiger partial charge in [0.1, 0.15) is 24.4 Å². The highest BCUT2D eigenvalue weighted by molar-refractivity contribution is 5.91. The van der Waals surface area contributed by atoms with Crippen molar-refractivity contribution in [1.82, 2.24) is 15.0 Å². The number of aliphatic hydroxyl groups is 1. The van der Waals surface area contributed by atoms with E-state index in [1.165, 1.54) is 14.2 Å². The summed E-state index contributed by atoms with van der Waals surface area (Å²) in [6.07, 6.45) is 11.0. The molecule has 1 aromatic heterocycles. The summed E-state index contributed by atoms with van der Waals surface area (Å²) in [5, 5.41) is 19.2. The van der Waals surface area contributed by atoms with Gasteiger partial charge in [-0.2, -0.15) is 0 Å². The first-order valence-electron chi connectivity index (χ1n) is 18.0. The topological polar surface area (TPSA) is 131 Å². The standard InChI is InChI=1S/C37H61N3O8/c1-9-11-12-30-22-40(39-38-30)18-17-28-19-24(3)14-16-33(42)48-32(10-2)29(20-25(4)13-15-31(41)26(5)21-28)23-46-37-36(45-8)35(44-7)34(43)27(6)47-37/h13,15,20,22,24,26-29,32,34-37,43H,9-12,14,16-19,21,23H2,1-8H3. The Hall–Kier alpha value is -2.44. The first-order chi connectivity index (χ1) is 23.0. The molecule has 1 fully saturated rings. The summed E-state index contributed by atoms with van der Waals surface area (Å²) < 4.78 is 31.4. The molecule has 48 heavy (non-hydrogen) atoms. The Morgan fingerprint density at radius 1 is 1.06 bits per heavy atom. The molecule has 0 radical (unpaired) electrons. The SMILES string of the molecule is CCCCc1cn(CCC2CC(C)CCC(=O)OC(CC)C(COC3OC(C)C(O)C(OC)C3OC)C=C(C)C=CC(=O)C(C)C2)nn1. The number of esters is 1. The van der Waals surface area contributed by atoms with Crippen LogP contribution < -0.4 is 0 Å². The number of unbranched alkanes of at least 4 members (excludes halogenated alkanes) is 1. The third kappa shape index (κ3) is 12.2. The van der Waals surface area contributed by atoms with Crippen LogP contribution in [-0.2, 0) is 46.2 Å². The van der Waals surface area contributed by atoms with Crippen molar-refractivity contribution in [2.24, 2.45) is 23.7 Å². The molecule has 0 aliphatic carbocycles. The molecule has 1 N–H and O–H groups in total. The van der Waals surface area contributed by atoms with Gasteiger partial charge in [-0.1, -0.05) is 57.1 Å². The van der Waals surface area contributed by atoms with Crippen molar-refractivity contribution in [1.29, 1.82) is 0 Å². The Kier molecular flexibility index (Phi) is 16.9. The molecule has 2 aliphatic heterocycles. The smallest absolute Gasteiger partial charge is 0.306 e. The van der Waals surface area contributed by atoms with Crippen LogP contribution in [-0.4, -0.2) is 89.5 Å². The first kappa shape index (κ1) is 40.0. The zero-order chi connectivity index (χ0) is 35.2. The molecule has 11 heteroatoms. The summed E-state index contributed by atoms with van der Waals surface area (Å²) >= 11 is 0. The van der Waals surface area contributed by atoms with Gasteiger partial charge < -0.3 is 28.8 Å². The fourth-order valence-electron chi connectivity index (χ4n) is 6.81. The number of carbonyl (C=O) groups is 2. The van der Waals surface area contributed by atoms with Crippen LogP contribution in [0.15, 0.2) is 30.0 Å². The number of hydrogen-bond donors (Lipinski definition) is 1. The quantitative estimate of drug-likeness (QED) is 0.278. The van der Waals surface area contributed by atoms with E-state index in [9.17, 15) is 14.7 Å². The second-order valence-corrected chi connectivity index (χ2v) is 13.9. The highest BCUT2D eigenvalue weighted by Gasteiger charge is 2.45. The van der Waals surface area contributed by atoms with E-state index in [1.807, 2.05) is 43.8 Å². The number of aromatic nitrogens is 3. The van der Waals surface area contributed by atoms with E-state index in [4.69, 9.17) is 23.7 Å². The predicted octanol–water partition coefficient (Wildman–Crippen LogP) is 5.64. The van der Waals surface area contributed by atoms with Crippen molar-refractivity contribution in [2.45, 2.75) is 143 Å². The van der Waals surface area contributed by atoms with Crippen LogP contribution in [0.1, 0.15) is 98.6 Å². The summed E-state index contributed by atoms with van der Waals surface area (Å²) in [5.74, 6) is 0.0108. The zero-order valence-corrected chi connectivity index (χ0v) is 30.5. The lowest BCUT2D eigenvalue weighted by atomic mass is 9.83. The van der Waals surface area contributed by atoms with Crippen LogP contribution in [0.3, 0.4) is 0 Å². The van der Waals surface area contributed by atoms with Crippen LogP contribution in [0.4, 0.5) is 0 Å². The maximum atomic E-state index is 13.3. The summed E-state index contributed by atoms with van der Waals surface area (Å²) in [5.41, 5.74) is 1.89.